The number of benzene rings is 2. The molecule has 29 heavy (non-hydrogen) atoms. The Balaban J connectivity index is 2.10. The van der Waals surface area contributed by atoms with Gasteiger partial charge in [-0.25, -0.2) is 0 Å². The van der Waals surface area contributed by atoms with Crippen molar-refractivity contribution in [1.82, 2.24) is 5.32 Å². The number of hydrogen-bond donors (Lipinski definition) is 3. The number of carbonyl (C=O) groups excluding carboxylic acids is 1. The number of allylic oxidation sites excluding steroid dienone is 2. The molecule has 0 radical (unpaired) electrons. The number of dihydropyridines is 1. The topological polar surface area (TPSA) is 134 Å². The van der Waals surface area contributed by atoms with Crippen LogP contribution in [0.2, 0.25) is 0 Å². The third-order valence-electron chi connectivity index (χ3n) is 4.77. The largest absolute Gasteiger partial charge is 0.384 e. The Morgan fingerprint density at radius 3 is 2.62 bits per heavy atom. The zero-order chi connectivity index (χ0) is 21.1. The minimum absolute atomic E-state index is 0.119. The monoisotopic (exact) mass is 389 g/mol. The van der Waals surface area contributed by atoms with Crippen LogP contribution in [0.4, 0.5) is 11.4 Å². The molecule has 2 aromatic rings. The molecule has 1 atom stereocenters. The number of hydrogen-bond acceptors (Lipinski definition) is 6. The van der Waals surface area contributed by atoms with Gasteiger partial charge in [-0.1, -0.05) is 30.3 Å². The Hall–Kier alpha value is -4.12. The van der Waals surface area contributed by atoms with E-state index >= 15 is 0 Å². The van der Waals surface area contributed by atoms with Gasteiger partial charge in [-0.05, 0) is 31.0 Å². The van der Waals surface area contributed by atoms with Crippen LogP contribution >= 0.6 is 0 Å². The van der Waals surface area contributed by atoms with Crippen molar-refractivity contribution in [3.63, 3.8) is 0 Å². The van der Waals surface area contributed by atoms with Gasteiger partial charge in [0, 0.05) is 29.1 Å². The van der Waals surface area contributed by atoms with E-state index in [2.05, 4.69) is 10.6 Å². The molecule has 1 heterocycles. The maximum Gasteiger partial charge on any atom is 0.269 e. The van der Waals surface area contributed by atoms with E-state index in [1.54, 1.807) is 25.1 Å². The Kier molecular flexibility index (Phi) is 5.32. The number of nitrogens with one attached hydrogen (secondary N) is 2. The number of nitro groups is 1. The van der Waals surface area contributed by atoms with Crippen molar-refractivity contribution >= 4 is 17.3 Å². The zero-order valence-electron chi connectivity index (χ0n) is 15.9. The molecule has 8 nitrogen and oxygen atoms in total. The number of nitrogens with zero attached hydrogens (tertiary/aromatic N) is 2. The standard InChI is InChI=1S/C21H19N5O3/c1-12-6-3-4-9-17(12)25-21(27)18-13(2)24-20(23)16(11-22)19(18)14-7-5-8-15(10-14)26(28)29/h3-10,19,24H,23H2,1-2H3,(H,25,27). The normalized spacial score (nSPS) is 16.1. The third-order valence-corrected chi connectivity index (χ3v) is 4.77. The molecular formula is C21H19N5O3. The molecular weight excluding hydrogens is 370 g/mol. The molecule has 1 amide bonds. The Morgan fingerprint density at radius 2 is 1.97 bits per heavy atom. The number of nitro benzene ring substituents is 1. The van der Waals surface area contributed by atoms with Crippen molar-refractivity contribution in [2.45, 2.75) is 19.8 Å². The van der Waals surface area contributed by atoms with Gasteiger partial charge in [0.15, 0.2) is 0 Å². The first-order chi connectivity index (χ1) is 13.8. The lowest BCUT2D eigenvalue weighted by Gasteiger charge is -2.28. The molecule has 0 fully saturated rings. The van der Waals surface area contributed by atoms with Gasteiger partial charge in [-0.2, -0.15) is 5.26 Å². The molecule has 0 saturated heterocycles. The van der Waals surface area contributed by atoms with Gasteiger partial charge in [-0.15, -0.1) is 0 Å². The molecule has 0 saturated carbocycles. The van der Waals surface area contributed by atoms with Crippen LogP contribution in [0, 0.1) is 28.4 Å². The fraction of sp³-hybridized carbons (Fsp3) is 0.143. The third kappa shape index (κ3) is 3.80. The number of anilines is 1. The number of para-hydroxylation sites is 1. The summed E-state index contributed by atoms with van der Waals surface area (Å²) in [7, 11) is 0. The molecule has 8 heteroatoms. The van der Waals surface area contributed by atoms with E-state index in [1.165, 1.54) is 18.2 Å². The van der Waals surface area contributed by atoms with Crippen LogP contribution in [-0.2, 0) is 4.79 Å². The first-order valence-corrected chi connectivity index (χ1v) is 8.82. The van der Waals surface area contributed by atoms with E-state index in [1.807, 2.05) is 25.1 Å². The lowest BCUT2D eigenvalue weighted by molar-refractivity contribution is -0.384. The molecule has 1 unspecified atom stereocenters. The molecule has 2 aromatic carbocycles. The number of nitriles is 1. The van der Waals surface area contributed by atoms with Crippen molar-refractivity contribution in [1.29, 1.82) is 5.26 Å². The van der Waals surface area contributed by atoms with Crippen molar-refractivity contribution in [2.75, 3.05) is 5.32 Å². The number of carbonyl (C=O) groups is 1. The maximum atomic E-state index is 13.2. The summed E-state index contributed by atoms with van der Waals surface area (Å²) in [5.74, 6) is -1.12. The second kappa shape index (κ2) is 7.86. The second-order valence-corrected chi connectivity index (χ2v) is 6.66. The first-order valence-electron chi connectivity index (χ1n) is 8.82. The predicted octanol–water partition coefficient (Wildman–Crippen LogP) is 3.20. The summed E-state index contributed by atoms with van der Waals surface area (Å²) in [5.41, 5.74) is 8.70. The van der Waals surface area contributed by atoms with Crippen LogP contribution in [0.1, 0.15) is 24.0 Å². The highest BCUT2D eigenvalue weighted by molar-refractivity contribution is 6.06. The minimum atomic E-state index is -0.829. The molecule has 0 aromatic heterocycles. The van der Waals surface area contributed by atoms with E-state index < -0.39 is 16.7 Å². The molecule has 1 aliphatic rings. The summed E-state index contributed by atoms with van der Waals surface area (Å²) < 4.78 is 0. The van der Waals surface area contributed by atoms with Crippen LogP contribution in [0.25, 0.3) is 0 Å². The maximum absolute atomic E-state index is 13.2. The van der Waals surface area contributed by atoms with Crippen LogP contribution in [-0.4, -0.2) is 10.8 Å². The predicted molar refractivity (Wildman–Crippen MR) is 108 cm³/mol. The van der Waals surface area contributed by atoms with Crippen molar-refractivity contribution < 1.29 is 9.72 Å². The van der Waals surface area contributed by atoms with Crippen LogP contribution in [0.3, 0.4) is 0 Å². The summed E-state index contributed by atoms with van der Waals surface area (Å²) in [4.78, 5) is 23.9. The van der Waals surface area contributed by atoms with Gasteiger partial charge in [0.05, 0.1) is 22.5 Å². The first kappa shape index (κ1) is 19.6. The van der Waals surface area contributed by atoms with Gasteiger partial charge in [0.1, 0.15) is 5.82 Å². The molecule has 146 valence electrons. The molecule has 0 spiro atoms. The van der Waals surface area contributed by atoms with Gasteiger partial charge < -0.3 is 16.4 Å². The molecule has 4 N–H and O–H groups in total. The highest BCUT2D eigenvalue weighted by atomic mass is 16.6. The van der Waals surface area contributed by atoms with Gasteiger partial charge in [0.25, 0.3) is 11.6 Å². The van der Waals surface area contributed by atoms with E-state index in [0.29, 0.717) is 16.9 Å². The fourth-order valence-electron chi connectivity index (χ4n) is 3.33. The second-order valence-electron chi connectivity index (χ2n) is 6.66. The molecule has 3 rings (SSSR count). The number of rotatable bonds is 4. The van der Waals surface area contributed by atoms with E-state index in [0.717, 1.165) is 5.56 Å². The summed E-state index contributed by atoms with van der Waals surface area (Å²) in [6.07, 6.45) is 0. The highest BCUT2D eigenvalue weighted by Crippen LogP contribution is 2.38. The number of amides is 1. The molecule has 0 aliphatic carbocycles. The van der Waals surface area contributed by atoms with Crippen LogP contribution in [0.5, 0.6) is 0 Å². The smallest absolute Gasteiger partial charge is 0.269 e. The average Bonchev–Trinajstić information content (AvgIpc) is 2.69. The number of non-ortho nitro benzene ring substituents is 1. The van der Waals surface area contributed by atoms with E-state index in [9.17, 15) is 20.2 Å². The Morgan fingerprint density at radius 1 is 1.24 bits per heavy atom. The highest BCUT2D eigenvalue weighted by Gasteiger charge is 2.34. The summed E-state index contributed by atoms with van der Waals surface area (Å²) >= 11 is 0. The summed E-state index contributed by atoms with van der Waals surface area (Å²) in [5, 5.41) is 26.6. The van der Waals surface area contributed by atoms with Gasteiger partial charge in [-0.3, -0.25) is 14.9 Å². The Bertz CT molecular complexity index is 1110. The van der Waals surface area contributed by atoms with Crippen molar-refractivity contribution in [2.24, 2.45) is 5.73 Å². The van der Waals surface area contributed by atoms with E-state index in [4.69, 9.17) is 5.73 Å². The lowest BCUT2D eigenvalue weighted by Crippen LogP contribution is -2.34. The lowest BCUT2D eigenvalue weighted by atomic mass is 9.81. The average molecular weight is 389 g/mol. The Labute approximate surface area is 167 Å². The summed E-state index contributed by atoms with van der Waals surface area (Å²) in [6, 6.07) is 15.2. The van der Waals surface area contributed by atoms with E-state index in [-0.39, 0.29) is 22.7 Å². The fourth-order valence-corrected chi connectivity index (χ4v) is 3.33. The summed E-state index contributed by atoms with van der Waals surface area (Å²) in [6.45, 7) is 3.55. The van der Waals surface area contributed by atoms with Gasteiger partial charge >= 0.3 is 0 Å². The molecule has 1 aliphatic heterocycles. The van der Waals surface area contributed by atoms with Gasteiger partial charge in [0.2, 0.25) is 0 Å². The zero-order valence-corrected chi connectivity index (χ0v) is 15.9. The quantitative estimate of drug-likeness (QED) is 0.543. The van der Waals surface area contributed by atoms with Crippen LogP contribution in [0.15, 0.2) is 71.2 Å². The minimum Gasteiger partial charge on any atom is -0.384 e. The van der Waals surface area contributed by atoms with Crippen molar-refractivity contribution in [3.05, 3.63) is 92.4 Å². The number of nitrogens with two attached hydrogens (primary N) is 1. The SMILES string of the molecule is CC1=C(C(=O)Nc2ccccc2C)C(c2cccc([N+](=O)[O-])c2)C(C#N)=C(N)N1. The number of aryl methyl sites for hydroxylation is 1. The van der Waals surface area contributed by atoms with Crippen molar-refractivity contribution in [3.8, 4) is 6.07 Å². The van der Waals surface area contributed by atoms with Crippen LogP contribution < -0.4 is 16.4 Å². The molecule has 0 bridgehead atoms.